The highest BCUT2D eigenvalue weighted by Crippen LogP contribution is 2.56. The SMILES string of the molecule is c1ccc(-c2ccccc2N(c2ccccc2)c2cccc3c2c2ccccc2n3C2(c3ccccc3)c3ccccc3-c3ccccc32)cc1. The standard InChI is InChI=1S/C49H34N2/c1-4-19-35(20-5-1)38-25-12-16-31-44(38)50(37-23-8-3-9-24-37)46-33-18-34-47-48(46)41-28-13-17-32-45(41)51(47)49(36-21-6-2-7-22-36)42-29-14-10-26-39(42)40-27-11-15-30-43(40)49/h1-34H. The molecule has 2 nitrogen and oxygen atoms in total. The molecule has 2 heteroatoms. The summed E-state index contributed by atoms with van der Waals surface area (Å²) in [6.07, 6.45) is 0. The molecule has 0 spiro atoms. The van der Waals surface area contributed by atoms with E-state index in [0.717, 1.165) is 17.1 Å². The van der Waals surface area contributed by atoms with Gasteiger partial charge in [0.25, 0.3) is 0 Å². The van der Waals surface area contributed by atoms with E-state index in [0.29, 0.717) is 0 Å². The molecule has 0 saturated heterocycles. The van der Waals surface area contributed by atoms with E-state index < -0.39 is 5.54 Å². The zero-order valence-corrected chi connectivity index (χ0v) is 28.0. The first kappa shape index (κ1) is 29.3. The summed E-state index contributed by atoms with van der Waals surface area (Å²) in [5.41, 5.74) is 13.9. The molecule has 0 amide bonds. The molecule has 0 fully saturated rings. The molecule has 1 aliphatic rings. The summed E-state index contributed by atoms with van der Waals surface area (Å²) in [7, 11) is 0. The summed E-state index contributed by atoms with van der Waals surface area (Å²) >= 11 is 0. The second-order valence-corrected chi connectivity index (χ2v) is 13.2. The first-order chi connectivity index (χ1) is 25.4. The van der Waals surface area contributed by atoms with Gasteiger partial charge in [-0.1, -0.05) is 170 Å². The van der Waals surface area contributed by atoms with E-state index in [1.165, 1.54) is 60.8 Å². The van der Waals surface area contributed by atoms with Gasteiger partial charge >= 0.3 is 0 Å². The van der Waals surface area contributed by atoms with Gasteiger partial charge in [-0.05, 0) is 69.8 Å². The zero-order chi connectivity index (χ0) is 33.8. The van der Waals surface area contributed by atoms with E-state index in [4.69, 9.17) is 0 Å². The number of hydrogen-bond acceptors (Lipinski definition) is 1. The normalized spacial score (nSPS) is 12.9. The van der Waals surface area contributed by atoms with Crippen molar-refractivity contribution in [2.24, 2.45) is 0 Å². The molecule has 240 valence electrons. The minimum atomic E-state index is -0.603. The summed E-state index contributed by atoms with van der Waals surface area (Å²) in [5.74, 6) is 0. The average molecular weight is 651 g/mol. The fourth-order valence-electron chi connectivity index (χ4n) is 8.64. The van der Waals surface area contributed by atoms with Gasteiger partial charge < -0.3 is 9.47 Å². The Kier molecular flexibility index (Phi) is 6.75. The van der Waals surface area contributed by atoms with Crippen LogP contribution < -0.4 is 4.90 Å². The molecule has 9 aromatic rings. The van der Waals surface area contributed by atoms with Gasteiger partial charge in [0.1, 0.15) is 5.54 Å². The molecule has 51 heavy (non-hydrogen) atoms. The van der Waals surface area contributed by atoms with Crippen molar-refractivity contribution < 1.29 is 0 Å². The van der Waals surface area contributed by atoms with Gasteiger partial charge in [0.05, 0.1) is 22.4 Å². The molecular weight excluding hydrogens is 617 g/mol. The number of rotatable bonds is 6. The van der Waals surface area contributed by atoms with Gasteiger partial charge in [0.2, 0.25) is 0 Å². The Morgan fingerprint density at radius 2 is 0.882 bits per heavy atom. The average Bonchev–Trinajstić information content (AvgIpc) is 3.70. The smallest absolute Gasteiger partial charge is 0.122 e. The van der Waals surface area contributed by atoms with E-state index in [2.05, 4.69) is 216 Å². The molecule has 10 rings (SSSR count). The van der Waals surface area contributed by atoms with Crippen molar-refractivity contribution in [3.63, 3.8) is 0 Å². The molecule has 0 saturated carbocycles. The lowest BCUT2D eigenvalue weighted by atomic mass is 9.80. The van der Waals surface area contributed by atoms with Gasteiger partial charge in [-0.2, -0.15) is 0 Å². The Morgan fingerprint density at radius 3 is 1.59 bits per heavy atom. The summed E-state index contributed by atoms with van der Waals surface area (Å²) in [5, 5.41) is 2.44. The molecule has 8 aromatic carbocycles. The topological polar surface area (TPSA) is 8.17 Å². The van der Waals surface area contributed by atoms with Crippen LogP contribution in [0.25, 0.3) is 44.1 Å². The molecule has 0 radical (unpaired) electrons. The second-order valence-electron chi connectivity index (χ2n) is 13.2. The summed E-state index contributed by atoms with van der Waals surface area (Å²) < 4.78 is 2.63. The van der Waals surface area contributed by atoms with Crippen LogP contribution in [0.1, 0.15) is 16.7 Å². The van der Waals surface area contributed by atoms with Crippen molar-refractivity contribution in [1.82, 2.24) is 4.57 Å². The van der Waals surface area contributed by atoms with Crippen LogP contribution in [0.15, 0.2) is 206 Å². The highest BCUT2D eigenvalue weighted by atomic mass is 15.2. The number of aromatic nitrogens is 1. The van der Waals surface area contributed by atoms with E-state index >= 15 is 0 Å². The van der Waals surface area contributed by atoms with Crippen LogP contribution in [-0.4, -0.2) is 4.57 Å². The third-order valence-corrected chi connectivity index (χ3v) is 10.6. The van der Waals surface area contributed by atoms with Crippen molar-refractivity contribution in [3.05, 3.63) is 223 Å². The second kappa shape index (κ2) is 11.8. The van der Waals surface area contributed by atoms with Crippen LogP contribution in [0.5, 0.6) is 0 Å². The van der Waals surface area contributed by atoms with E-state index in [1.54, 1.807) is 0 Å². The predicted octanol–water partition coefficient (Wildman–Crippen LogP) is 12.8. The third kappa shape index (κ3) is 4.30. The van der Waals surface area contributed by atoms with E-state index in [9.17, 15) is 0 Å². The van der Waals surface area contributed by atoms with Gasteiger partial charge in [-0.3, -0.25) is 0 Å². The van der Waals surface area contributed by atoms with Crippen molar-refractivity contribution >= 4 is 38.9 Å². The van der Waals surface area contributed by atoms with Crippen LogP contribution in [0.2, 0.25) is 0 Å². The van der Waals surface area contributed by atoms with Crippen molar-refractivity contribution in [3.8, 4) is 22.3 Å². The Bertz CT molecular complexity index is 2640. The first-order valence-electron chi connectivity index (χ1n) is 17.6. The lowest BCUT2D eigenvalue weighted by Crippen LogP contribution is -2.35. The third-order valence-electron chi connectivity index (χ3n) is 10.6. The maximum Gasteiger partial charge on any atom is 0.122 e. The maximum absolute atomic E-state index is 2.63. The quantitative estimate of drug-likeness (QED) is 0.174. The van der Waals surface area contributed by atoms with Gasteiger partial charge in [-0.25, -0.2) is 0 Å². The van der Waals surface area contributed by atoms with Gasteiger partial charge in [0.15, 0.2) is 0 Å². The molecular formula is C49H34N2. The fraction of sp³-hybridized carbons (Fsp3) is 0.0204. The van der Waals surface area contributed by atoms with Crippen LogP contribution in [0.3, 0.4) is 0 Å². The van der Waals surface area contributed by atoms with Crippen molar-refractivity contribution in [1.29, 1.82) is 0 Å². The Balaban J connectivity index is 1.36. The van der Waals surface area contributed by atoms with Crippen molar-refractivity contribution in [2.45, 2.75) is 5.54 Å². The van der Waals surface area contributed by atoms with Crippen LogP contribution >= 0.6 is 0 Å². The number of para-hydroxylation sites is 3. The van der Waals surface area contributed by atoms with Crippen LogP contribution in [0, 0.1) is 0 Å². The highest BCUT2D eigenvalue weighted by Gasteiger charge is 2.47. The minimum Gasteiger partial charge on any atom is -0.322 e. The molecule has 0 unspecified atom stereocenters. The summed E-state index contributed by atoms with van der Waals surface area (Å²) in [6.45, 7) is 0. The Labute approximate surface area is 298 Å². The number of anilines is 3. The lowest BCUT2D eigenvalue weighted by molar-refractivity contribution is 0.564. The number of hydrogen-bond donors (Lipinski definition) is 0. The number of nitrogens with zero attached hydrogens (tertiary/aromatic N) is 2. The molecule has 1 heterocycles. The monoisotopic (exact) mass is 650 g/mol. The molecule has 0 N–H and O–H groups in total. The number of fused-ring (bicyclic) bond motifs is 6. The zero-order valence-electron chi connectivity index (χ0n) is 28.0. The Hall–Kier alpha value is -6.64. The summed E-state index contributed by atoms with van der Waals surface area (Å²) in [6, 6.07) is 75.2. The minimum absolute atomic E-state index is 0.603. The van der Waals surface area contributed by atoms with Crippen molar-refractivity contribution in [2.75, 3.05) is 4.90 Å². The van der Waals surface area contributed by atoms with Gasteiger partial charge in [-0.15, -0.1) is 0 Å². The first-order valence-corrected chi connectivity index (χ1v) is 17.6. The molecule has 1 aliphatic carbocycles. The molecule has 1 aromatic heterocycles. The Morgan fingerprint density at radius 1 is 0.373 bits per heavy atom. The number of benzene rings is 8. The van der Waals surface area contributed by atoms with E-state index in [-0.39, 0.29) is 0 Å². The lowest BCUT2D eigenvalue weighted by Gasteiger charge is -2.36. The van der Waals surface area contributed by atoms with E-state index in [1.807, 2.05) is 0 Å². The van der Waals surface area contributed by atoms with Crippen LogP contribution in [-0.2, 0) is 5.54 Å². The van der Waals surface area contributed by atoms with Gasteiger partial charge in [0, 0.05) is 22.0 Å². The molecule has 0 aliphatic heterocycles. The maximum atomic E-state index is 2.63. The summed E-state index contributed by atoms with van der Waals surface area (Å²) in [4.78, 5) is 2.45. The predicted molar refractivity (Wildman–Crippen MR) is 213 cm³/mol. The fourth-order valence-corrected chi connectivity index (χ4v) is 8.64. The molecule has 0 bridgehead atoms. The van der Waals surface area contributed by atoms with Crippen LogP contribution in [0.4, 0.5) is 17.1 Å². The molecule has 0 atom stereocenters. The highest BCUT2D eigenvalue weighted by molar-refractivity contribution is 6.17. The largest absolute Gasteiger partial charge is 0.322 e.